The molecule has 1 saturated carbocycles. The van der Waals surface area contributed by atoms with Gasteiger partial charge in [-0.2, -0.15) is 0 Å². The number of ether oxygens (including phenoxy) is 1. The lowest BCUT2D eigenvalue weighted by Gasteiger charge is -2.19. The van der Waals surface area contributed by atoms with Crippen LogP contribution in [-0.2, 0) is 0 Å². The SMILES string of the molecule is CCOc1ccccc1C(C)NCCC1CCCC1. The molecule has 19 heavy (non-hydrogen) atoms. The maximum absolute atomic E-state index is 5.70. The van der Waals surface area contributed by atoms with Gasteiger partial charge in [-0.3, -0.25) is 0 Å². The summed E-state index contributed by atoms with van der Waals surface area (Å²) < 4.78 is 5.70. The van der Waals surface area contributed by atoms with Gasteiger partial charge in [-0.05, 0) is 38.8 Å². The Bertz CT molecular complexity index is 371. The predicted molar refractivity (Wildman–Crippen MR) is 80.6 cm³/mol. The second kappa shape index (κ2) is 7.54. The van der Waals surface area contributed by atoms with Crippen molar-refractivity contribution in [3.05, 3.63) is 29.8 Å². The lowest BCUT2D eigenvalue weighted by Crippen LogP contribution is -2.22. The zero-order valence-corrected chi connectivity index (χ0v) is 12.3. The van der Waals surface area contributed by atoms with Crippen LogP contribution in [0.3, 0.4) is 0 Å². The predicted octanol–water partition coefficient (Wildman–Crippen LogP) is 4.32. The van der Waals surface area contributed by atoms with Gasteiger partial charge in [0.2, 0.25) is 0 Å². The van der Waals surface area contributed by atoms with E-state index < -0.39 is 0 Å². The summed E-state index contributed by atoms with van der Waals surface area (Å²) in [6, 6.07) is 8.73. The molecule has 1 atom stereocenters. The lowest BCUT2D eigenvalue weighted by atomic mass is 10.0. The first-order valence-electron chi connectivity index (χ1n) is 7.76. The van der Waals surface area contributed by atoms with Crippen molar-refractivity contribution in [1.82, 2.24) is 5.32 Å². The van der Waals surface area contributed by atoms with E-state index in [-0.39, 0.29) is 0 Å². The standard InChI is InChI=1S/C17H27NO/c1-3-19-17-11-7-6-10-16(17)14(2)18-13-12-15-8-4-5-9-15/h6-7,10-11,14-15,18H,3-5,8-9,12-13H2,1-2H3. The smallest absolute Gasteiger partial charge is 0.124 e. The fourth-order valence-electron chi connectivity index (χ4n) is 3.04. The highest BCUT2D eigenvalue weighted by Crippen LogP contribution is 2.28. The molecule has 1 aromatic rings. The molecule has 1 aromatic carbocycles. The van der Waals surface area contributed by atoms with Crippen molar-refractivity contribution in [3.8, 4) is 5.75 Å². The molecule has 2 rings (SSSR count). The molecule has 1 fully saturated rings. The largest absolute Gasteiger partial charge is 0.494 e. The monoisotopic (exact) mass is 261 g/mol. The van der Waals surface area contributed by atoms with E-state index in [2.05, 4.69) is 30.4 Å². The van der Waals surface area contributed by atoms with Gasteiger partial charge in [0.25, 0.3) is 0 Å². The van der Waals surface area contributed by atoms with E-state index in [1.165, 1.54) is 37.7 Å². The zero-order chi connectivity index (χ0) is 13.5. The first kappa shape index (κ1) is 14.4. The Balaban J connectivity index is 1.82. The molecule has 0 heterocycles. The molecule has 106 valence electrons. The third-order valence-corrected chi connectivity index (χ3v) is 4.16. The third kappa shape index (κ3) is 4.24. The number of rotatable bonds is 7. The molecule has 1 unspecified atom stereocenters. The highest BCUT2D eigenvalue weighted by molar-refractivity contribution is 5.35. The van der Waals surface area contributed by atoms with E-state index in [0.29, 0.717) is 6.04 Å². The van der Waals surface area contributed by atoms with Crippen LogP contribution in [0.1, 0.15) is 57.6 Å². The summed E-state index contributed by atoms with van der Waals surface area (Å²) in [5.74, 6) is 1.98. The summed E-state index contributed by atoms with van der Waals surface area (Å²) in [7, 11) is 0. The van der Waals surface area contributed by atoms with Crippen molar-refractivity contribution in [2.75, 3.05) is 13.2 Å². The Morgan fingerprint density at radius 1 is 1.26 bits per heavy atom. The number of hydrogen-bond donors (Lipinski definition) is 1. The van der Waals surface area contributed by atoms with Crippen LogP contribution >= 0.6 is 0 Å². The Morgan fingerprint density at radius 2 is 2.00 bits per heavy atom. The van der Waals surface area contributed by atoms with Crippen molar-refractivity contribution in [3.63, 3.8) is 0 Å². The Morgan fingerprint density at radius 3 is 2.74 bits per heavy atom. The second-order valence-corrected chi connectivity index (χ2v) is 5.59. The fraction of sp³-hybridized carbons (Fsp3) is 0.647. The summed E-state index contributed by atoms with van der Waals surface area (Å²) in [6.07, 6.45) is 7.07. The van der Waals surface area contributed by atoms with Gasteiger partial charge in [-0.1, -0.05) is 43.9 Å². The summed E-state index contributed by atoms with van der Waals surface area (Å²) in [4.78, 5) is 0. The van der Waals surface area contributed by atoms with Crippen LogP contribution in [0.2, 0.25) is 0 Å². The van der Waals surface area contributed by atoms with Gasteiger partial charge in [0.15, 0.2) is 0 Å². The average molecular weight is 261 g/mol. The Kier molecular flexibility index (Phi) is 5.71. The van der Waals surface area contributed by atoms with Crippen molar-refractivity contribution in [1.29, 1.82) is 0 Å². The molecule has 0 amide bonds. The second-order valence-electron chi connectivity index (χ2n) is 5.59. The van der Waals surface area contributed by atoms with Gasteiger partial charge in [0.05, 0.1) is 6.61 Å². The highest BCUT2D eigenvalue weighted by Gasteiger charge is 2.15. The molecule has 0 bridgehead atoms. The van der Waals surface area contributed by atoms with Crippen LogP contribution in [0.15, 0.2) is 24.3 Å². The van der Waals surface area contributed by atoms with E-state index in [9.17, 15) is 0 Å². The van der Waals surface area contributed by atoms with Crippen LogP contribution in [0.25, 0.3) is 0 Å². The summed E-state index contributed by atoms with van der Waals surface area (Å²) in [5, 5.41) is 3.64. The molecule has 1 aliphatic carbocycles. The zero-order valence-electron chi connectivity index (χ0n) is 12.3. The lowest BCUT2D eigenvalue weighted by molar-refractivity contribution is 0.331. The molecular formula is C17H27NO. The summed E-state index contributed by atoms with van der Waals surface area (Å²) in [5.41, 5.74) is 1.27. The van der Waals surface area contributed by atoms with Gasteiger partial charge in [0, 0.05) is 11.6 Å². The molecule has 0 saturated heterocycles. The summed E-state index contributed by atoms with van der Waals surface area (Å²) >= 11 is 0. The van der Waals surface area contributed by atoms with Gasteiger partial charge in [-0.15, -0.1) is 0 Å². The normalized spacial score (nSPS) is 17.6. The van der Waals surface area contributed by atoms with Crippen LogP contribution < -0.4 is 10.1 Å². The molecule has 1 aliphatic rings. The average Bonchev–Trinajstić information content (AvgIpc) is 2.93. The van der Waals surface area contributed by atoms with E-state index in [0.717, 1.165) is 24.8 Å². The highest BCUT2D eigenvalue weighted by atomic mass is 16.5. The first-order chi connectivity index (χ1) is 9.31. The van der Waals surface area contributed by atoms with Crippen LogP contribution in [0.5, 0.6) is 5.75 Å². The molecule has 1 N–H and O–H groups in total. The van der Waals surface area contributed by atoms with E-state index in [1.54, 1.807) is 0 Å². The van der Waals surface area contributed by atoms with Gasteiger partial charge >= 0.3 is 0 Å². The van der Waals surface area contributed by atoms with Crippen LogP contribution in [0.4, 0.5) is 0 Å². The van der Waals surface area contributed by atoms with E-state index >= 15 is 0 Å². The minimum atomic E-state index is 0.365. The third-order valence-electron chi connectivity index (χ3n) is 4.16. The van der Waals surface area contributed by atoms with E-state index in [4.69, 9.17) is 4.74 Å². The minimum absolute atomic E-state index is 0.365. The van der Waals surface area contributed by atoms with E-state index in [1.807, 2.05) is 13.0 Å². The number of nitrogens with one attached hydrogen (secondary N) is 1. The first-order valence-corrected chi connectivity index (χ1v) is 7.76. The van der Waals surface area contributed by atoms with Crippen molar-refractivity contribution >= 4 is 0 Å². The number of benzene rings is 1. The molecule has 0 radical (unpaired) electrons. The van der Waals surface area contributed by atoms with Crippen molar-refractivity contribution < 1.29 is 4.74 Å². The van der Waals surface area contributed by atoms with Crippen LogP contribution in [0, 0.1) is 5.92 Å². The maximum atomic E-state index is 5.70. The molecular weight excluding hydrogens is 234 g/mol. The molecule has 0 aliphatic heterocycles. The van der Waals surface area contributed by atoms with Gasteiger partial charge in [0.1, 0.15) is 5.75 Å². The number of hydrogen-bond acceptors (Lipinski definition) is 2. The minimum Gasteiger partial charge on any atom is -0.494 e. The number of para-hydroxylation sites is 1. The maximum Gasteiger partial charge on any atom is 0.124 e. The van der Waals surface area contributed by atoms with Crippen LogP contribution in [-0.4, -0.2) is 13.2 Å². The van der Waals surface area contributed by atoms with Gasteiger partial charge < -0.3 is 10.1 Å². The topological polar surface area (TPSA) is 21.3 Å². The van der Waals surface area contributed by atoms with Gasteiger partial charge in [-0.25, -0.2) is 0 Å². The summed E-state index contributed by atoms with van der Waals surface area (Å²) in [6.45, 7) is 6.11. The van der Waals surface area contributed by atoms with Crippen molar-refractivity contribution in [2.24, 2.45) is 5.92 Å². The Hall–Kier alpha value is -1.02. The molecule has 2 heteroatoms. The quantitative estimate of drug-likeness (QED) is 0.789. The molecule has 2 nitrogen and oxygen atoms in total. The fourth-order valence-corrected chi connectivity index (χ4v) is 3.04. The Labute approximate surface area is 117 Å². The molecule has 0 aromatic heterocycles. The molecule has 0 spiro atoms. The van der Waals surface area contributed by atoms with Crippen molar-refractivity contribution in [2.45, 2.75) is 52.0 Å².